The zero-order valence-corrected chi connectivity index (χ0v) is 64.4. The van der Waals surface area contributed by atoms with Gasteiger partial charge in [-0.15, -0.1) is 0 Å². The van der Waals surface area contributed by atoms with Crippen LogP contribution in [-0.2, 0) is 31.4 Å². The van der Waals surface area contributed by atoms with Gasteiger partial charge in [-0.05, 0) is 195 Å². The minimum atomic E-state index is -4.69. The molecule has 9 aromatic heterocycles. The number of carbonyl (C=O) groups excluding carboxylic acids is 3. The molecular weight excluding hydrogens is 1560 g/mol. The van der Waals surface area contributed by atoms with Gasteiger partial charge in [-0.1, -0.05) is 36.4 Å². The summed E-state index contributed by atoms with van der Waals surface area (Å²) < 4.78 is 128. The Hall–Kier alpha value is -14.9. The third kappa shape index (κ3) is 21.0. The highest BCUT2D eigenvalue weighted by atomic mass is 19.4. The molecule has 0 bridgehead atoms. The van der Waals surface area contributed by atoms with Crippen LogP contribution in [0, 0.1) is 46.7 Å². The number of ketones is 3. The number of alkyl halides is 9. The molecule has 1 atom stereocenters. The highest BCUT2D eigenvalue weighted by molar-refractivity contribution is 6.01. The molecule has 15 rings (SSSR count). The molecule has 24 nitrogen and oxygen atoms in total. The molecule has 9 heterocycles. The first-order valence-corrected chi connectivity index (χ1v) is 36.4. The van der Waals surface area contributed by atoms with Crippen LogP contribution in [0.15, 0.2) is 257 Å². The first-order chi connectivity index (χ1) is 56.8. The van der Waals surface area contributed by atoms with Crippen LogP contribution >= 0.6 is 0 Å². The number of nitrogens with one attached hydrogen (secondary N) is 3. The lowest BCUT2D eigenvalue weighted by atomic mass is 9.96. The van der Waals surface area contributed by atoms with Crippen LogP contribution in [0.25, 0.3) is 50.8 Å². The second kappa shape index (κ2) is 36.1. The van der Waals surface area contributed by atoms with Gasteiger partial charge < -0.3 is 40.9 Å². The minimum absolute atomic E-state index is 0. The molecule has 0 radical (unpaired) electrons. The lowest BCUT2D eigenvalue weighted by Crippen LogP contribution is -2.25. The van der Waals surface area contributed by atoms with E-state index in [1.54, 1.807) is 168 Å². The first-order valence-electron chi connectivity index (χ1n) is 36.4. The maximum atomic E-state index is 13.7. The number of anilines is 6. The zero-order valence-electron chi connectivity index (χ0n) is 64.4. The van der Waals surface area contributed by atoms with E-state index in [4.69, 9.17) is 0 Å². The van der Waals surface area contributed by atoms with Gasteiger partial charge in [0, 0.05) is 150 Å². The summed E-state index contributed by atoms with van der Waals surface area (Å²) in [4.78, 5) is 86.5. The molecule has 0 fully saturated rings. The number of rotatable bonds is 21. The largest absolute Gasteiger partial charge is 0.711 e. The fraction of sp³-hybridized carbons (Fsp3) is 0.138. The van der Waals surface area contributed by atoms with Crippen molar-refractivity contribution in [1.29, 1.82) is 0 Å². The van der Waals surface area contributed by atoms with Crippen molar-refractivity contribution >= 4 is 52.3 Å². The summed E-state index contributed by atoms with van der Waals surface area (Å²) in [6.45, 7) is 10.5. The first kappa shape index (κ1) is 84.5. The van der Waals surface area contributed by atoms with E-state index in [1.165, 1.54) is 56.8 Å². The van der Waals surface area contributed by atoms with E-state index in [-0.39, 0.29) is 75.1 Å². The summed E-state index contributed by atoms with van der Waals surface area (Å²) in [7, 11) is 0. The van der Waals surface area contributed by atoms with Crippen molar-refractivity contribution in [3.63, 3.8) is 0 Å². The van der Waals surface area contributed by atoms with Crippen molar-refractivity contribution in [1.82, 2.24) is 68.5 Å². The van der Waals surface area contributed by atoms with Crippen molar-refractivity contribution in [2.45, 2.75) is 79.0 Å². The summed E-state index contributed by atoms with van der Waals surface area (Å²) in [5.41, 5.74) is 8.93. The monoisotopic (exact) mass is 1630 g/mol. The number of pyridine rings is 3. The lowest BCUT2D eigenvalue weighted by molar-refractivity contribution is -0.611. The normalized spacial score (nSPS) is 11.6. The Kier molecular flexibility index (Phi) is 25.4. The van der Waals surface area contributed by atoms with Crippen LogP contribution < -0.4 is 20.7 Å². The van der Waals surface area contributed by atoms with Crippen molar-refractivity contribution in [3.8, 4) is 50.8 Å². The van der Waals surface area contributed by atoms with E-state index >= 15 is 0 Å². The Morgan fingerprint density at radius 3 is 1.15 bits per heavy atom. The SMILES string of the molecule is Cc1ccc(C(=O)Cc2cc(-n3cc(C)[n+]([O-])c3)cc(C(F)(F)F)c2)cc1Nc1nccc(-c2cccnc2)n1.Cc1cn(-c2cc(C(O)C(=O)c3ccc(C)c(Nc4nccc(-c5cccnc5)n4)c3)cc(C(F)(F)F)c2)cn1.Cc1cn(-c2cc(CC(=O)c3ccc(C)c(Nc4nccc(-c5cccnc5)n4)c3)cc(C(F)(F)F)c2)cn1.O. The van der Waals surface area contributed by atoms with E-state index in [0.29, 0.717) is 79.0 Å². The van der Waals surface area contributed by atoms with Gasteiger partial charge >= 0.3 is 18.5 Å². The predicted molar refractivity (Wildman–Crippen MR) is 429 cm³/mol. The molecule has 608 valence electrons. The number of hydrogen-bond donors (Lipinski definition) is 4. The molecule has 15 aromatic rings. The zero-order chi connectivity index (χ0) is 84.5. The van der Waals surface area contributed by atoms with E-state index in [2.05, 4.69) is 70.8 Å². The van der Waals surface area contributed by atoms with E-state index in [9.17, 15) is 64.2 Å². The number of Topliss-reactive ketones (excluding diaryl/α,β-unsaturated/α-hetero) is 3. The van der Waals surface area contributed by atoms with Crippen LogP contribution in [0.1, 0.15) is 104 Å². The second-order valence-corrected chi connectivity index (χ2v) is 27.5. The summed E-state index contributed by atoms with van der Waals surface area (Å²) in [5, 5.41) is 32.1. The Bertz CT molecular complexity index is 6200. The summed E-state index contributed by atoms with van der Waals surface area (Å²) in [6, 6.07) is 41.1. The molecule has 6 N–H and O–H groups in total. The van der Waals surface area contributed by atoms with E-state index < -0.39 is 47.1 Å². The third-order valence-electron chi connectivity index (χ3n) is 18.6. The number of aliphatic hydroxyl groups is 1. The average molecular weight is 1640 g/mol. The molecule has 1 unspecified atom stereocenters. The predicted octanol–water partition coefficient (Wildman–Crippen LogP) is 17.5. The number of aromatic nitrogens is 15. The highest BCUT2D eigenvalue weighted by Crippen LogP contribution is 2.38. The molecule has 0 saturated carbocycles. The van der Waals surface area contributed by atoms with E-state index in [0.717, 1.165) is 76.1 Å². The molecule has 0 aliphatic heterocycles. The van der Waals surface area contributed by atoms with Crippen molar-refractivity contribution < 1.29 is 69.2 Å². The number of benzene rings is 6. The Morgan fingerprint density at radius 1 is 0.433 bits per heavy atom. The highest BCUT2D eigenvalue weighted by Gasteiger charge is 2.35. The Balaban J connectivity index is 0.000000164. The van der Waals surface area contributed by atoms with Gasteiger partial charge in [0.1, 0.15) is 23.7 Å². The van der Waals surface area contributed by atoms with Crippen LogP contribution in [0.2, 0.25) is 0 Å². The number of aryl methyl sites for hydroxylation is 6. The fourth-order valence-corrected chi connectivity index (χ4v) is 12.3. The van der Waals surface area contributed by atoms with Crippen LogP contribution in [-0.4, -0.2) is 96.5 Å². The molecule has 6 aromatic carbocycles. The second-order valence-electron chi connectivity index (χ2n) is 27.5. The molecule has 0 aliphatic rings. The van der Waals surface area contributed by atoms with Crippen molar-refractivity contribution in [2.24, 2.45) is 0 Å². The van der Waals surface area contributed by atoms with Crippen molar-refractivity contribution in [2.75, 3.05) is 16.0 Å². The van der Waals surface area contributed by atoms with Crippen LogP contribution in [0.4, 0.5) is 74.4 Å². The average Bonchev–Trinajstić information content (AvgIpc) is 1.32. The number of aliphatic hydroxyl groups excluding tert-OH is 1. The smallest absolute Gasteiger partial charge is 0.416 e. The molecular formula is C87H71F9N18O6. The van der Waals surface area contributed by atoms with Gasteiger partial charge in [0.2, 0.25) is 17.8 Å². The number of carbonyl (C=O) groups is 3. The molecule has 33 heteroatoms. The molecule has 0 amide bonds. The number of imidazole rings is 3. The molecule has 0 saturated heterocycles. The van der Waals surface area contributed by atoms with Gasteiger partial charge in [0.15, 0.2) is 17.3 Å². The molecule has 0 aliphatic carbocycles. The van der Waals surface area contributed by atoms with Gasteiger partial charge in [0.25, 0.3) is 6.33 Å². The van der Waals surface area contributed by atoms with Gasteiger partial charge in [-0.3, -0.25) is 29.3 Å². The fourth-order valence-electron chi connectivity index (χ4n) is 12.3. The van der Waals surface area contributed by atoms with Crippen molar-refractivity contribution in [3.05, 3.63) is 346 Å². The van der Waals surface area contributed by atoms with Gasteiger partial charge in [0.05, 0.1) is 57.8 Å². The molecule has 0 spiro atoms. The van der Waals surface area contributed by atoms with Gasteiger partial charge in [-0.2, -0.15) is 39.5 Å². The number of nitrogens with zero attached hydrogens (tertiary/aromatic N) is 15. The standard InChI is InChI=1S/2C29H23F3N6O2.C29H23F3N6O.H2O/c1-18-5-6-21(13-26(18)36-28-34-9-7-25(35-28)22-4-3-8-33-15-22)27(39)12-20-10-23(29(30,31)32)14-24(11-20)37-16-19(2)38(40)17-37;1-17-5-6-19(12-25(17)37-28-34-9-7-24(36-28)20-4-3-8-33-14-20)26(39)27(40)21-10-22(29(30,31)32)13-23(11-21)38-15-18(2)35-16-38;1-18-5-6-21(13-26(18)37-28-34-9-7-25(36-28)22-4-3-8-33-15-22)27(39)12-20-10-23(29(30,31)32)14-24(11-20)38-16-19(2)35-17-38;/h3-11,13-17H,12H2,1-2H3,(H,34,35,36);3-16,27,40H,1-2H3,(H,34,36,37);3-11,13-17H,12H2,1-2H3,(H,34,36,37);1H2. The third-order valence-corrected chi connectivity index (χ3v) is 18.6. The minimum Gasteiger partial charge on any atom is -0.711 e. The maximum absolute atomic E-state index is 13.7. The maximum Gasteiger partial charge on any atom is 0.416 e. The topological polar surface area (TPSA) is 323 Å². The number of halogens is 9. The van der Waals surface area contributed by atoms with Crippen LogP contribution in [0.5, 0.6) is 0 Å². The summed E-state index contributed by atoms with van der Waals surface area (Å²) in [6.07, 6.45) is 7.22. The van der Waals surface area contributed by atoms with Crippen LogP contribution in [0.3, 0.4) is 0 Å². The lowest BCUT2D eigenvalue weighted by Gasteiger charge is -2.17. The molecule has 120 heavy (non-hydrogen) atoms. The van der Waals surface area contributed by atoms with E-state index in [1.807, 2.05) is 45.0 Å². The summed E-state index contributed by atoms with van der Waals surface area (Å²) >= 11 is 0. The van der Waals surface area contributed by atoms with Gasteiger partial charge in [-0.25, -0.2) is 49.2 Å². The Morgan fingerprint density at radius 2 is 0.800 bits per heavy atom. The Labute approximate surface area is 678 Å². The number of hydrogen-bond acceptors (Lipinski definition) is 19. The summed E-state index contributed by atoms with van der Waals surface area (Å²) in [5.74, 6) is -0.541. The quantitative estimate of drug-likeness (QED) is 0.0225.